The highest BCUT2D eigenvalue weighted by Gasteiger charge is 2.19. The van der Waals surface area contributed by atoms with Crippen molar-refractivity contribution < 1.29 is 0 Å². The van der Waals surface area contributed by atoms with Gasteiger partial charge in [0.25, 0.3) is 0 Å². The predicted molar refractivity (Wildman–Crippen MR) is 186 cm³/mol. The van der Waals surface area contributed by atoms with E-state index >= 15 is 0 Å². The van der Waals surface area contributed by atoms with E-state index in [4.69, 9.17) is 0 Å². The van der Waals surface area contributed by atoms with Gasteiger partial charge in [-0.05, 0) is 77.4 Å². The summed E-state index contributed by atoms with van der Waals surface area (Å²) in [5.41, 5.74) is 11.8. The van der Waals surface area contributed by atoms with Gasteiger partial charge in [-0.25, -0.2) is 0 Å². The van der Waals surface area contributed by atoms with Gasteiger partial charge in [0.15, 0.2) is 0 Å². The van der Waals surface area contributed by atoms with E-state index in [-0.39, 0.29) is 0 Å². The fourth-order valence-electron chi connectivity index (χ4n) is 6.44. The first-order valence-corrected chi connectivity index (χ1v) is 15.0. The third-order valence-corrected chi connectivity index (χ3v) is 8.39. The maximum Gasteiger partial charge on any atom is 0.0541 e. The molecule has 0 atom stereocenters. The molecule has 0 spiro atoms. The molecule has 0 aliphatic carbocycles. The molecular weight excluding hydrogens is 532 g/mol. The molecule has 0 fully saturated rings. The van der Waals surface area contributed by atoms with E-state index in [1.807, 2.05) is 0 Å². The third-order valence-electron chi connectivity index (χ3n) is 8.39. The molecular formula is C42H30N2. The fraction of sp³-hybridized carbons (Fsp3) is 0. The average molecular weight is 563 g/mol. The number of para-hydroxylation sites is 5. The Morgan fingerprint density at radius 3 is 1.59 bits per heavy atom. The van der Waals surface area contributed by atoms with Crippen LogP contribution in [0.15, 0.2) is 182 Å². The predicted octanol–water partition coefficient (Wildman–Crippen LogP) is 11.6. The zero-order valence-corrected chi connectivity index (χ0v) is 24.2. The van der Waals surface area contributed by atoms with E-state index in [0.29, 0.717) is 0 Å². The van der Waals surface area contributed by atoms with Crippen LogP contribution in [-0.2, 0) is 0 Å². The monoisotopic (exact) mass is 562 g/mol. The summed E-state index contributed by atoms with van der Waals surface area (Å²) in [7, 11) is 0. The molecule has 0 saturated carbocycles. The van der Waals surface area contributed by atoms with E-state index in [2.05, 4.69) is 191 Å². The van der Waals surface area contributed by atoms with Crippen molar-refractivity contribution in [1.82, 2.24) is 4.57 Å². The summed E-state index contributed by atoms with van der Waals surface area (Å²) in [6.07, 6.45) is 0. The van der Waals surface area contributed by atoms with Crippen LogP contribution in [0.2, 0.25) is 0 Å². The van der Waals surface area contributed by atoms with Gasteiger partial charge in [0, 0.05) is 33.4 Å². The molecule has 0 radical (unpaired) electrons. The first-order valence-electron chi connectivity index (χ1n) is 15.0. The maximum absolute atomic E-state index is 2.37. The second-order valence-corrected chi connectivity index (χ2v) is 11.0. The Balaban J connectivity index is 1.33. The summed E-state index contributed by atoms with van der Waals surface area (Å²) in [5, 5.41) is 2.51. The van der Waals surface area contributed by atoms with Crippen LogP contribution in [-0.4, -0.2) is 4.57 Å². The van der Waals surface area contributed by atoms with Gasteiger partial charge in [-0.3, -0.25) is 0 Å². The van der Waals surface area contributed by atoms with Crippen molar-refractivity contribution in [2.24, 2.45) is 0 Å². The normalized spacial score (nSPS) is 11.2. The summed E-state index contributed by atoms with van der Waals surface area (Å²) in [6.45, 7) is 0. The van der Waals surface area contributed by atoms with Crippen LogP contribution in [0.4, 0.5) is 17.1 Å². The summed E-state index contributed by atoms with van der Waals surface area (Å²) in [5.74, 6) is 0. The molecule has 2 heteroatoms. The first-order chi connectivity index (χ1) is 21.9. The van der Waals surface area contributed by atoms with Crippen LogP contribution >= 0.6 is 0 Å². The molecule has 0 N–H and O–H groups in total. The number of nitrogens with zero attached hydrogens (tertiary/aromatic N) is 2. The molecule has 0 unspecified atom stereocenters. The summed E-state index contributed by atoms with van der Waals surface area (Å²) in [4.78, 5) is 2.35. The van der Waals surface area contributed by atoms with E-state index in [9.17, 15) is 0 Å². The summed E-state index contributed by atoms with van der Waals surface area (Å²) in [6, 6.07) is 65.0. The lowest BCUT2D eigenvalue weighted by atomic mass is 9.92. The van der Waals surface area contributed by atoms with Gasteiger partial charge in [0.2, 0.25) is 0 Å². The molecule has 8 rings (SSSR count). The van der Waals surface area contributed by atoms with Gasteiger partial charge in [-0.2, -0.15) is 0 Å². The quantitative estimate of drug-likeness (QED) is 0.196. The van der Waals surface area contributed by atoms with Crippen molar-refractivity contribution in [3.63, 3.8) is 0 Å². The number of aromatic nitrogens is 1. The third kappa shape index (κ3) is 4.45. The lowest BCUT2D eigenvalue weighted by Crippen LogP contribution is -2.11. The molecule has 8 aromatic rings. The van der Waals surface area contributed by atoms with Gasteiger partial charge in [-0.15, -0.1) is 0 Å². The smallest absolute Gasteiger partial charge is 0.0541 e. The standard InChI is InChI=1S/C42H30N2/c1-4-16-32(17-5-1)43(33-18-6-2-7-19-33)40-26-14-12-24-37(40)36-23-11-10-22-35(36)31-28-29-42-39(30-31)38-25-13-15-27-41(38)44(42)34-20-8-3-9-21-34/h1-30H. The highest BCUT2D eigenvalue weighted by atomic mass is 15.1. The molecule has 7 aromatic carbocycles. The van der Waals surface area contributed by atoms with Gasteiger partial charge in [0.05, 0.1) is 16.7 Å². The topological polar surface area (TPSA) is 8.17 Å². The lowest BCUT2D eigenvalue weighted by molar-refractivity contribution is 1.18. The minimum absolute atomic E-state index is 1.12. The Bertz CT molecular complexity index is 2170. The number of anilines is 3. The molecule has 0 aliphatic rings. The lowest BCUT2D eigenvalue weighted by Gasteiger charge is -2.28. The molecule has 44 heavy (non-hydrogen) atoms. The van der Waals surface area contributed by atoms with Crippen LogP contribution in [0, 0.1) is 0 Å². The second-order valence-electron chi connectivity index (χ2n) is 11.0. The molecule has 1 aromatic heterocycles. The largest absolute Gasteiger partial charge is 0.310 e. The number of rotatable bonds is 6. The molecule has 0 aliphatic heterocycles. The summed E-state index contributed by atoms with van der Waals surface area (Å²) < 4.78 is 2.37. The van der Waals surface area contributed by atoms with Crippen LogP contribution in [0.25, 0.3) is 49.7 Å². The van der Waals surface area contributed by atoms with Crippen molar-refractivity contribution in [2.75, 3.05) is 4.90 Å². The Morgan fingerprint density at radius 2 is 0.886 bits per heavy atom. The van der Waals surface area contributed by atoms with Crippen LogP contribution < -0.4 is 4.90 Å². The van der Waals surface area contributed by atoms with Crippen LogP contribution in [0.5, 0.6) is 0 Å². The summed E-state index contributed by atoms with van der Waals surface area (Å²) >= 11 is 0. The molecule has 1 heterocycles. The van der Waals surface area contributed by atoms with Crippen LogP contribution in [0.1, 0.15) is 0 Å². The number of fused-ring (bicyclic) bond motifs is 3. The Labute approximate surface area is 257 Å². The molecule has 208 valence electrons. The molecule has 2 nitrogen and oxygen atoms in total. The first kappa shape index (κ1) is 25.8. The second kappa shape index (κ2) is 11.1. The number of hydrogen-bond donors (Lipinski definition) is 0. The van der Waals surface area contributed by atoms with Crippen molar-refractivity contribution >= 4 is 38.9 Å². The Morgan fingerprint density at radius 1 is 0.364 bits per heavy atom. The zero-order valence-electron chi connectivity index (χ0n) is 24.2. The van der Waals surface area contributed by atoms with Crippen molar-refractivity contribution in [2.45, 2.75) is 0 Å². The minimum Gasteiger partial charge on any atom is -0.310 e. The van der Waals surface area contributed by atoms with E-state index in [1.165, 1.54) is 49.7 Å². The van der Waals surface area contributed by atoms with Gasteiger partial charge in [0.1, 0.15) is 0 Å². The highest BCUT2D eigenvalue weighted by Crippen LogP contribution is 2.44. The molecule has 0 amide bonds. The van der Waals surface area contributed by atoms with Gasteiger partial charge in [-0.1, -0.05) is 121 Å². The van der Waals surface area contributed by atoms with Gasteiger partial charge >= 0.3 is 0 Å². The fourth-order valence-corrected chi connectivity index (χ4v) is 6.44. The zero-order chi connectivity index (χ0) is 29.3. The van der Waals surface area contributed by atoms with Crippen molar-refractivity contribution in [1.29, 1.82) is 0 Å². The SMILES string of the molecule is c1ccc(N(c2ccccc2)c2ccccc2-c2ccccc2-c2ccc3c(c2)c2ccccc2n3-c2ccccc2)cc1. The minimum atomic E-state index is 1.12. The van der Waals surface area contributed by atoms with E-state index < -0.39 is 0 Å². The number of hydrogen-bond acceptors (Lipinski definition) is 1. The maximum atomic E-state index is 2.37. The van der Waals surface area contributed by atoms with Crippen molar-refractivity contribution in [3.8, 4) is 27.9 Å². The van der Waals surface area contributed by atoms with Crippen LogP contribution in [0.3, 0.4) is 0 Å². The molecule has 0 saturated heterocycles. The number of benzene rings is 7. The molecule has 0 bridgehead atoms. The van der Waals surface area contributed by atoms with E-state index in [0.717, 1.165) is 17.1 Å². The van der Waals surface area contributed by atoms with Crippen molar-refractivity contribution in [3.05, 3.63) is 182 Å². The van der Waals surface area contributed by atoms with Gasteiger partial charge < -0.3 is 9.47 Å². The average Bonchev–Trinajstić information content (AvgIpc) is 3.44. The Kier molecular flexibility index (Phi) is 6.51. The Hall–Kier alpha value is -5.86. The highest BCUT2D eigenvalue weighted by molar-refractivity contribution is 6.11. The van der Waals surface area contributed by atoms with E-state index in [1.54, 1.807) is 0 Å².